The predicted octanol–water partition coefficient (Wildman–Crippen LogP) is 3.15. The maximum atomic E-state index is 12.2. The van der Waals surface area contributed by atoms with E-state index in [1.165, 1.54) is 0 Å². The third-order valence-corrected chi connectivity index (χ3v) is 3.12. The predicted molar refractivity (Wildman–Crippen MR) is 51.6 cm³/mol. The number of pyridine rings is 1. The summed E-state index contributed by atoms with van der Waals surface area (Å²) >= 11 is 7.28. The Bertz CT molecular complexity index is 375. The molecular formula is C7H2ClF2IN2. The lowest BCUT2D eigenvalue weighted by molar-refractivity contribution is 0.145. The number of alkyl halides is 2. The van der Waals surface area contributed by atoms with Gasteiger partial charge in [0.1, 0.15) is 11.8 Å². The van der Waals surface area contributed by atoms with E-state index in [1.807, 2.05) is 0 Å². The van der Waals surface area contributed by atoms with Crippen LogP contribution in [0.4, 0.5) is 8.78 Å². The van der Waals surface area contributed by atoms with Gasteiger partial charge in [0.2, 0.25) is 0 Å². The molecule has 0 aliphatic carbocycles. The molecule has 13 heavy (non-hydrogen) atoms. The Morgan fingerprint density at radius 1 is 1.62 bits per heavy atom. The first-order valence-electron chi connectivity index (χ1n) is 3.10. The molecule has 1 aromatic heterocycles. The molecule has 0 aliphatic rings. The summed E-state index contributed by atoms with van der Waals surface area (Å²) in [6.07, 6.45) is -1.62. The molecule has 0 unspecified atom stereocenters. The van der Waals surface area contributed by atoms with Crippen LogP contribution >= 0.6 is 34.2 Å². The molecule has 68 valence electrons. The van der Waals surface area contributed by atoms with Crippen LogP contribution in [-0.2, 0) is 0 Å². The van der Waals surface area contributed by atoms with Crippen LogP contribution in [0.2, 0.25) is 5.02 Å². The molecule has 0 spiro atoms. The van der Waals surface area contributed by atoms with Crippen LogP contribution in [0.5, 0.6) is 0 Å². The van der Waals surface area contributed by atoms with Crippen molar-refractivity contribution in [1.29, 1.82) is 5.26 Å². The Labute approximate surface area is 91.7 Å². The van der Waals surface area contributed by atoms with Gasteiger partial charge in [0.15, 0.2) is 0 Å². The van der Waals surface area contributed by atoms with Crippen molar-refractivity contribution in [2.24, 2.45) is 0 Å². The molecule has 0 radical (unpaired) electrons. The minimum atomic E-state index is -2.67. The van der Waals surface area contributed by atoms with E-state index in [0.29, 0.717) is 0 Å². The van der Waals surface area contributed by atoms with Crippen LogP contribution < -0.4 is 0 Å². The highest BCUT2D eigenvalue weighted by molar-refractivity contribution is 14.1. The van der Waals surface area contributed by atoms with Crippen molar-refractivity contribution in [2.45, 2.75) is 6.43 Å². The number of aromatic nitrogens is 1. The van der Waals surface area contributed by atoms with E-state index in [9.17, 15) is 8.78 Å². The van der Waals surface area contributed by atoms with E-state index < -0.39 is 6.43 Å². The number of rotatable bonds is 1. The van der Waals surface area contributed by atoms with Crippen molar-refractivity contribution in [2.75, 3.05) is 0 Å². The Kier molecular flexibility index (Phi) is 3.39. The monoisotopic (exact) mass is 314 g/mol. The first-order chi connectivity index (χ1) is 6.07. The molecule has 6 heteroatoms. The molecule has 0 bridgehead atoms. The van der Waals surface area contributed by atoms with Gasteiger partial charge in [-0.3, -0.25) is 4.98 Å². The van der Waals surface area contributed by atoms with E-state index in [4.69, 9.17) is 16.9 Å². The minimum Gasteiger partial charge on any atom is -0.253 e. The first kappa shape index (κ1) is 10.6. The maximum Gasteiger partial charge on any atom is 0.281 e. The van der Waals surface area contributed by atoms with E-state index in [0.717, 1.165) is 6.20 Å². The Hall–Kier alpha value is -0.480. The van der Waals surface area contributed by atoms with Crippen molar-refractivity contribution in [3.63, 3.8) is 0 Å². The fourth-order valence-electron chi connectivity index (χ4n) is 0.708. The summed E-state index contributed by atoms with van der Waals surface area (Å²) in [5.74, 6) is 0. The zero-order valence-electron chi connectivity index (χ0n) is 6.06. The summed E-state index contributed by atoms with van der Waals surface area (Å²) in [7, 11) is 0. The molecule has 2 nitrogen and oxygen atoms in total. The highest BCUT2D eigenvalue weighted by Gasteiger charge is 2.17. The normalized spacial score (nSPS) is 10.2. The highest BCUT2D eigenvalue weighted by Crippen LogP contribution is 2.29. The van der Waals surface area contributed by atoms with Gasteiger partial charge in [-0.15, -0.1) is 0 Å². The topological polar surface area (TPSA) is 36.7 Å². The van der Waals surface area contributed by atoms with Gasteiger partial charge in [0.05, 0.1) is 14.2 Å². The molecule has 0 saturated heterocycles. The standard InChI is InChI=1S/C7H2ClF2IN2/c8-4-3(1-12)2-13-6(5(4)11)7(9)10/h2,7H. The van der Waals surface area contributed by atoms with Gasteiger partial charge in [-0.2, -0.15) is 5.26 Å². The highest BCUT2D eigenvalue weighted by atomic mass is 127. The van der Waals surface area contributed by atoms with E-state index >= 15 is 0 Å². The van der Waals surface area contributed by atoms with Crippen LogP contribution in [0.25, 0.3) is 0 Å². The molecule has 1 rings (SSSR count). The lowest BCUT2D eigenvalue weighted by Gasteiger charge is -2.04. The largest absolute Gasteiger partial charge is 0.281 e. The minimum absolute atomic E-state index is 0.0356. The second-order valence-corrected chi connectivity index (χ2v) is 3.55. The smallest absolute Gasteiger partial charge is 0.253 e. The number of halogens is 4. The fraction of sp³-hybridized carbons (Fsp3) is 0.143. The van der Waals surface area contributed by atoms with Crippen molar-refractivity contribution in [3.8, 4) is 6.07 Å². The Balaban J connectivity index is 3.33. The van der Waals surface area contributed by atoms with Gasteiger partial charge in [0.25, 0.3) is 6.43 Å². The van der Waals surface area contributed by atoms with Crippen LogP contribution in [0.15, 0.2) is 6.20 Å². The molecule has 0 aliphatic heterocycles. The van der Waals surface area contributed by atoms with Gasteiger partial charge >= 0.3 is 0 Å². The molecule has 1 heterocycles. The summed E-state index contributed by atoms with van der Waals surface area (Å²) in [5, 5.41) is 8.54. The van der Waals surface area contributed by atoms with Crippen LogP contribution in [0.3, 0.4) is 0 Å². The van der Waals surface area contributed by atoms with Gasteiger partial charge < -0.3 is 0 Å². The summed E-state index contributed by atoms with van der Waals surface area (Å²) in [5.41, 5.74) is -0.278. The fourth-order valence-corrected chi connectivity index (χ4v) is 1.56. The van der Waals surface area contributed by atoms with Crippen LogP contribution in [-0.4, -0.2) is 4.98 Å². The molecule has 0 fully saturated rings. The van der Waals surface area contributed by atoms with E-state index in [1.54, 1.807) is 28.7 Å². The van der Waals surface area contributed by atoms with Crippen LogP contribution in [0.1, 0.15) is 17.7 Å². The summed E-state index contributed by atoms with van der Waals surface area (Å²) < 4.78 is 24.6. The van der Waals surface area contributed by atoms with Gasteiger partial charge in [-0.25, -0.2) is 8.78 Å². The average molecular weight is 314 g/mol. The summed E-state index contributed by atoms with van der Waals surface area (Å²) in [4.78, 5) is 3.44. The molecule has 0 saturated carbocycles. The SMILES string of the molecule is N#Cc1cnc(C(F)F)c(I)c1Cl. The Morgan fingerprint density at radius 3 is 2.69 bits per heavy atom. The first-order valence-corrected chi connectivity index (χ1v) is 4.55. The van der Waals surface area contributed by atoms with Gasteiger partial charge in [-0.1, -0.05) is 11.6 Å². The summed E-state index contributed by atoms with van der Waals surface area (Å²) in [6, 6.07) is 1.76. The van der Waals surface area contributed by atoms with Crippen LogP contribution in [0, 0.1) is 14.9 Å². The third kappa shape index (κ3) is 2.06. The second kappa shape index (κ2) is 4.15. The quantitative estimate of drug-likeness (QED) is 0.747. The molecule has 1 aromatic rings. The zero-order chi connectivity index (χ0) is 10.0. The van der Waals surface area contributed by atoms with Crippen molar-refractivity contribution in [1.82, 2.24) is 4.98 Å². The molecule has 0 N–H and O–H groups in total. The van der Waals surface area contributed by atoms with Gasteiger partial charge in [-0.05, 0) is 22.6 Å². The lowest BCUT2D eigenvalue weighted by Crippen LogP contribution is -1.97. The van der Waals surface area contributed by atoms with Gasteiger partial charge in [0, 0.05) is 6.20 Å². The number of hydrogen-bond donors (Lipinski definition) is 0. The van der Waals surface area contributed by atoms with Crippen molar-refractivity contribution >= 4 is 34.2 Å². The molecule has 0 atom stereocenters. The maximum absolute atomic E-state index is 12.2. The average Bonchev–Trinajstić information content (AvgIpc) is 2.09. The zero-order valence-corrected chi connectivity index (χ0v) is 8.97. The lowest BCUT2D eigenvalue weighted by atomic mass is 10.3. The van der Waals surface area contributed by atoms with E-state index in [-0.39, 0.29) is 19.9 Å². The number of nitriles is 1. The van der Waals surface area contributed by atoms with Crippen molar-refractivity contribution < 1.29 is 8.78 Å². The summed E-state index contributed by atoms with van der Waals surface area (Å²) in [6.45, 7) is 0. The van der Waals surface area contributed by atoms with E-state index in [2.05, 4.69) is 4.98 Å². The number of hydrogen-bond acceptors (Lipinski definition) is 2. The molecular weight excluding hydrogens is 312 g/mol. The molecule has 0 amide bonds. The van der Waals surface area contributed by atoms with Crippen molar-refractivity contribution in [3.05, 3.63) is 26.0 Å². The third-order valence-electron chi connectivity index (χ3n) is 1.31. The Morgan fingerprint density at radius 2 is 2.23 bits per heavy atom. The molecule has 0 aromatic carbocycles. The number of nitrogens with zero attached hydrogens (tertiary/aromatic N) is 2. The second-order valence-electron chi connectivity index (χ2n) is 2.10.